The number of carbonyl (C=O) groups excluding carboxylic acids is 1. The molecule has 4 nitrogen and oxygen atoms in total. The van der Waals surface area contributed by atoms with Crippen LogP contribution in [0.5, 0.6) is 0 Å². The number of Topliss-reactive ketones (excluding diaryl/α,β-unsaturated/α-hetero) is 1. The maximum atomic E-state index is 12.2. The van der Waals surface area contributed by atoms with Gasteiger partial charge < -0.3 is 5.73 Å². The van der Waals surface area contributed by atoms with E-state index in [-0.39, 0.29) is 11.9 Å². The molecule has 2 atom stereocenters. The minimum Gasteiger partial charge on any atom is -0.398 e. The van der Waals surface area contributed by atoms with Gasteiger partial charge in [-0.05, 0) is 40.8 Å². The molecule has 2 aromatic rings. The molecule has 0 radical (unpaired) electrons. The lowest BCUT2D eigenvalue weighted by atomic mass is 9.85. The van der Waals surface area contributed by atoms with E-state index >= 15 is 0 Å². The Labute approximate surface area is 134 Å². The van der Waals surface area contributed by atoms with Gasteiger partial charge in [0.1, 0.15) is 5.78 Å². The average Bonchev–Trinajstić information content (AvgIpc) is 2.43. The van der Waals surface area contributed by atoms with Crippen molar-refractivity contribution in [2.24, 2.45) is 0 Å². The van der Waals surface area contributed by atoms with E-state index in [9.17, 15) is 14.3 Å². The maximum Gasteiger partial charge on any atom is 0.510 e. The minimum atomic E-state index is -2.36. The first-order chi connectivity index (χ1) is 10.4. The number of hydrogen-bond donors (Lipinski definition) is 2. The fourth-order valence-corrected chi connectivity index (χ4v) is 3.22. The third kappa shape index (κ3) is 3.72. The predicted molar refractivity (Wildman–Crippen MR) is 88.4 cm³/mol. The van der Waals surface area contributed by atoms with Gasteiger partial charge in [0.2, 0.25) is 6.16 Å². The second-order valence-corrected chi connectivity index (χ2v) is 6.48. The monoisotopic (exact) mass is 336 g/mol. The van der Waals surface area contributed by atoms with E-state index in [1.54, 1.807) is 42.5 Å². The quantitative estimate of drug-likeness (QED) is 0.641. The normalized spacial score (nSPS) is 12.8. The largest absolute Gasteiger partial charge is 0.510 e. The fraction of sp³-hybridized carbons (Fsp3) is 0.188. The Bertz CT molecular complexity index is 716. The van der Waals surface area contributed by atoms with Crippen LogP contribution in [0.15, 0.2) is 42.5 Å². The van der Waals surface area contributed by atoms with Crippen LogP contribution < -0.4 is 5.73 Å². The first kappa shape index (κ1) is 16.6. The highest BCUT2D eigenvalue weighted by Crippen LogP contribution is 2.36. The molecule has 0 spiro atoms. The van der Waals surface area contributed by atoms with Crippen molar-refractivity contribution in [3.63, 3.8) is 0 Å². The van der Waals surface area contributed by atoms with Crippen LogP contribution in [0, 0.1) is 0 Å². The molecular formula is C16H16ClNO3P+. The average molecular weight is 337 g/mol. The summed E-state index contributed by atoms with van der Waals surface area (Å²) in [5.41, 5.74) is 8.44. The van der Waals surface area contributed by atoms with Gasteiger partial charge in [0.25, 0.3) is 0 Å². The zero-order chi connectivity index (χ0) is 16.3. The Morgan fingerprint density at radius 1 is 1.27 bits per heavy atom. The van der Waals surface area contributed by atoms with Crippen molar-refractivity contribution in [3.05, 3.63) is 64.2 Å². The second-order valence-electron chi connectivity index (χ2n) is 5.03. The van der Waals surface area contributed by atoms with E-state index in [0.717, 1.165) is 5.56 Å². The zero-order valence-electron chi connectivity index (χ0n) is 12.0. The summed E-state index contributed by atoms with van der Waals surface area (Å²) in [7, 11) is -2.36. The lowest BCUT2D eigenvalue weighted by molar-refractivity contribution is -0.117. The molecule has 0 aliphatic rings. The molecule has 22 heavy (non-hydrogen) atoms. The lowest BCUT2D eigenvalue weighted by Crippen LogP contribution is -2.15. The van der Waals surface area contributed by atoms with Crippen molar-refractivity contribution >= 4 is 31.1 Å². The number of ketones is 1. The van der Waals surface area contributed by atoms with Crippen LogP contribution in [0.1, 0.15) is 29.5 Å². The lowest BCUT2D eigenvalue weighted by Gasteiger charge is -2.19. The summed E-state index contributed by atoms with van der Waals surface area (Å²) in [5, 5.41) is 0.575. The van der Waals surface area contributed by atoms with E-state index in [2.05, 4.69) is 0 Å². The minimum absolute atomic E-state index is 0.0346. The van der Waals surface area contributed by atoms with Gasteiger partial charge in [-0.1, -0.05) is 35.9 Å². The highest BCUT2D eigenvalue weighted by atomic mass is 35.5. The molecule has 2 unspecified atom stereocenters. The Morgan fingerprint density at radius 3 is 2.45 bits per heavy atom. The molecule has 0 heterocycles. The topological polar surface area (TPSA) is 80.4 Å². The van der Waals surface area contributed by atoms with E-state index in [0.29, 0.717) is 21.8 Å². The highest BCUT2D eigenvalue weighted by Gasteiger charge is 2.27. The van der Waals surface area contributed by atoms with Crippen LogP contribution in [0.2, 0.25) is 5.02 Å². The summed E-state index contributed by atoms with van der Waals surface area (Å²) in [6.45, 7) is 1.48. The molecule has 0 bridgehead atoms. The summed E-state index contributed by atoms with van der Waals surface area (Å²) >= 11 is 5.89. The van der Waals surface area contributed by atoms with Crippen molar-refractivity contribution in [3.8, 4) is 0 Å². The molecule has 0 saturated heterocycles. The van der Waals surface area contributed by atoms with Crippen LogP contribution in [-0.2, 0) is 15.5 Å². The van der Waals surface area contributed by atoms with Gasteiger partial charge in [0.15, 0.2) is 0 Å². The van der Waals surface area contributed by atoms with Crippen LogP contribution in [0.3, 0.4) is 0 Å². The van der Waals surface area contributed by atoms with E-state index in [1.165, 1.54) is 6.92 Å². The third-order valence-corrected chi connectivity index (χ3v) is 4.30. The SMILES string of the molecule is CC(=O)C(c1ccc(Cl)cc1)c1c(N)cccc1C[P+](=O)O. The van der Waals surface area contributed by atoms with Crippen LogP contribution in [0.25, 0.3) is 0 Å². The number of benzene rings is 2. The van der Waals surface area contributed by atoms with Crippen LogP contribution >= 0.6 is 19.6 Å². The van der Waals surface area contributed by atoms with Gasteiger partial charge in [0, 0.05) is 16.3 Å². The van der Waals surface area contributed by atoms with Gasteiger partial charge in [-0.25, -0.2) is 0 Å². The molecule has 2 rings (SSSR count). The molecule has 114 valence electrons. The van der Waals surface area contributed by atoms with Gasteiger partial charge in [-0.15, -0.1) is 0 Å². The van der Waals surface area contributed by atoms with E-state index in [1.807, 2.05) is 0 Å². The van der Waals surface area contributed by atoms with Gasteiger partial charge in [-0.2, -0.15) is 4.89 Å². The molecule has 0 amide bonds. The molecule has 3 N–H and O–H groups in total. The highest BCUT2D eigenvalue weighted by molar-refractivity contribution is 7.37. The molecule has 6 heteroatoms. The smallest absolute Gasteiger partial charge is 0.398 e. The Hall–Kier alpha value is -1.74. The van der Waals surface area contributed by atoms with Crippen molar-refractivity contribution in [1.82, 2.24) is 0 Å². The Kier molecular flexibility index (Phi) is 5.30. The summed E-state index contributed by atoms with van der Waals surface area (Å²) in [6.07, 6.45) is -0.0346. The summed E-state index contributed by atoms with van der Waals surface area (Å²) in [5.74, 6) is -0.668. The second kappa shape index (κ2) is 7.01. The molecule has 0 aliphatic carbocycles. The molecule has 0 saturated carbocycles. The summed E-state index contributed by atoms with van der Waals surface area (Å²) < 4.78 is 11.2. The zero-order valence-corrected chi connectivity index (χ0v) is 13.6. The van der Waals surface area contributed by atoms with Crippen molar-refractivity contribution < 1.29 is 14.3 Å². The number of anilines is 1. The van der Waals surface area contributed by atoms with Crippen LogP contribution in [-0.4, -0.2) is 10.7 Å². The Morgan fingerprint density at radius 2 is 1.91 bits per heavy atom. The molecule has 0 aromatic heterocycles. The number of halogens is 1. The number of nitrogens with two attached hydrogens (primary N) is 1. The molecule has 2 aromatic carbocycles. The predicted octanol–water partition coefficient (Wildman–Crippen LogP) is 3.88. The first-order valence-electron chi connectivity index (χ1n) is 6.67. The van der Waals surface area contributed by atoms with Gasteiger partial charge >= 0.3 is 8.03 Å². The van der Waals surface area contributed by atoms with Crippen molar-refractivity contribution in [2.75, 3.05) is 5.73 Å². The first-order valence-corrected chi connectivity index (χ1v) is 8.44. The number of carbonyl (C=O) groups is 1. The molecule has 0 aliphatic heterocycles. The number of hydrogen-bond acceptors (Lipinski definition) is 3. The molecular weight excluding hydrogens is 321 g/mol. The van der Waals surface area contributed by atoms with Gasteiger partial charge in [-0.3, -0.25) is 4.79 Å². The summed E-state index contributed by atoms with van der Waals surface area (Å²) in [6, 6.07) is 12.1. The van der Waals surface area contributed by atoms with Crippen molar-refractivity contribution in [2.45, 2.75) is 19.0 Å². The van der Waals surface area contributed by atoms with Crippen LogP contribution in [0.4, 0.5) is 5.69 Å². The fourth-order valence-electron chi connectivity index (χ4n) is 2.53. The van der Waals surface area contributed by atoms with Crippen molar-refractivity contribution in [1.29, 1.82) is 0 Å². The van der Waals surface area contributed by atoms with Gasteiger partial charge in [0.05, 0.1) is 5.92 Å². The molecule has 0 fully saturated rings. The van der Waals surface area contributed by atoms with E-state index < -0.39 is 13.9 Å². The third-order valence-electron chi connectivity index (χ3n) is 3.43. The standard InChI is InChI=1S/C16H15ClNO3P/c1-10(19)15(11-5-7-13(17)8-6-11)16-12(9-22(20)21)3-2-4-14(16)18/h2-8,15H,9,18H2,1H3/p+1. The summed E-state index contributed by atoms with van der Waals surface area (Å²) in [4.78, 5) is 21.4. The number of nitrogen functional groups attached to an aromatic ring is 1. The van der Waals surface area contributed by atoms with E-state index in [4.69, 9.17) is 17.3 Å². The maximum absolute atomic E-state index is 12.2. The Balaban J connectivity index is 2.60. The number of rotatable bonds is 5.